The number of phenolic OH excluding ortho intramolecular Hbond substituents is 1. The summed E-state index contributed by atoms with van der Waals surface area (Å²) in [5, 5.41) is 29.2. The first kappa shape index (κ1) is 20.5. The molecule has 2 aromatic rings. The topological polar surface area (TPSA) is 69.5 Å². The average molecular weight is 395 g/mol. The molecule has 28 heavy (non-hydrogen) atoms. The van der Waals surface area contributed by atoms with Crippen molar-refractivity contribution in [2.24, 2.45) is 5.41 Å². The highest BCUT2D eigenvalue weighted by molar-refractivity contribution is 5.69. The predicted octanol–water partition coefficient (Wildman–Crippen LogP) is 3.94. The first-order valence-corrected chi connectivity index (χ1v) is 9.13. The number of aryl methyl sites for hydroxylation is 1. The van der Waals surface area contributed by atoms with E-state index in [-0.39, 0.29) is 16.7 Å². The van der Waals surface area contributed by atoms with Crippen LogP contribution in [0, 0.1) is 12.3 Å². The minimum atomic E-state index is -4.53. The van der Waals surface area contributed by atoms with Gasteiger partial charge in [0.25, 0.3) is 0 Å². The average Bonchev–Trinajstić information content (AvgIpc) is 2.60. The molecule has 8 heteroatoms. The Balaban J connectivity index is 1.91. The van der Waals surface area contributed by atoms with Crippen molar-refractivity contribution in [1.82, 2.24) is 15.1 Å². The van der Waals surface area contributed by atoms with E-state index in [1.807, 2.05) is 14.0 Å². The second-order valence-corrected chi connectivity index (χ2v) is 7.93. The summed E-state index contributed by atoms with van der Waals surface area (Å²) in [5.41, 5.74) is 0.209. The molecule has 2 N–H and O–H groups in total. The molecule has 2 heterocycles. The molecule has 1 aromatic heterocycles. The fourth-order valence-corrected chi connectivity index (χ4v) is 3.92. The Hall–Kier alpha value is -2.19. The van der Waals surface area contributed by atoms with Gasteiger partial charge in [0.05, 0.1) is 17.0 Å². The number of halogens is 3. The van der Waals surface area contributed by atoms with Crippen molar-refractivity contribution in [2.75, 3.05) is 20.1 Å². The number of phenols is 1. The van der Waals surface area contributed by atoms with Crippen LogP contribution in [-0.2, 0) is 6.18 Å². The molecule has 2 atom stereocenters. The molecule has 0 radical (unpaired) electrons. The number of rotatable bonds is 3. The number of benzene rings is 1. The second kappa shape index (κ2) is 7.33. The number of hydrogen-bond donors (Lipinski definition) is 2. The molecule has 1 saturated heterocycles. The molecule has 152 valence electrons. The van der Waals surface area contributed by atoms with Gasteiger partial charge < -0.3 is 15.1 Å². The molecule has 0 amide bonds. The standard InChI is InChI=1S/C20H24F3N3O2/c1-12-9-15(18(28)19(2)7-4-8-26(3)11-19)24-25-17(12)14-6-5-13(10-16(14)27)20(21,22)23/h5-6,9-10,18,27-28H,4,7-8,11H2,1-3H3/t18?,19-/m1/s1. The third-order valence-electron chi connectivity index (χ3n) is 5.44. The molecule has 0 saturated carbocycles. The molecular formula is C20H24F3N3O2. The third-order valence-corrected chi connectivity index (χ3v) is 5.44. The Bertz CT molecular complexity index is 872. The molecule has 1 aromatic carbocycles. The SMILES string of the molecule is Cc1cc(C(O)[C@]2(C)CCCN(C)C2)nnc1-c1ccc(C(F)(F)F)cc1O. The van der Waals surface area contributed by atoms with Crippen molar-refractivity contribution < 1.29 is 23.4 Å². The predicted molar refractivity (Wildman–Crippen MR) is 98.7 cm³/mol. The Morgan fingerprint density at radius 2 is 1.93 bits per heavy atom. The Labute approximate surface area is 161 Å². The van der Waals surface area contributed by atoms with Gasteiger partial charge in [0.15, 0.2) is 0 Å². The van der Waals surface area contributed by atoms with E-state index in [0.29, 0.717) is 17.3 Å². The number of aromatic nitrogens is 2. The molecule has 1 aliphatic heterocycles. The first-order valence-electron chi connectivity index (χ1n) is 9.13. The van der Waals surface area contributed by atoms with Gasteiger partial charge >= 0.3 is 6.18 Å². The van der Waals surface area contributed by atoms with Crippen molar-refractivity contribution in [3.8, 4) is 17.0 Å². The lowest BCUT2D eigenvalue weighted by molar-refractivity contribution is -0.137. The maximum Gasteiger partial charge on any atom is 0.416 e. The number of alkyl halides is 3. The monoisotopic (exact) mass is 395 g/mol. The van der Waals surface area contributed by atoms with Crippen molar-refractivity contribution in [2.45, 2.75) is 39.0 Å². The van der Waals surface area contributed by atoms with E-state index in [4.69, 9.17) is 0 Å². The maximum absolute atomic E-state index is 12.8. The number of hydrogen-bond acceptors (Lipinski definition) is 5. The van der Waals surface area contributed by atoms with Crippen LogP contribution in [-0.4, -0.2) is 45.4 Å². The zero-order valence-electron chi connectivity index (χ0n) is 16.1. The fraction of sp³-hybridized carbons (Fsp3) is 0.500. The highest BCUT2D eigenvalue weighted by Crippen LogP contribution is 2.41. The van der Waals surface area contributed by atoms with E-state index in [9.17, 15) is 23.4 Å². The largest absolute Gasteiger partial charge is 0.507 e. The Morgan fingerprint density at radius 1 is 1.21 bits per heavy atom. The number of likely N-dealkylation sites (tertiary alicyclic amines) is 1. The van der Waals surface area contributed by atoms with Gasteiger partial charge in [-0.25, -0.2) is 0 Å². The van der Waals surface area contributed by atoms with Crippen LogP contribution in [0.25, 0.3) is 11.3 Å². The molecule has 1 unspecified atom stereocenters. The van der Waals surface area contributed by atoms with E-state index in [2.05, 4.69) is 15.1 Å². The van der Waals surface area contributed by atoms with Gasteiger partial charge in [0, 0.05) is 17.5 Å². The third kappa shape index (κ3) is 3.98. The first-order chi connectivity index (χ1) is 13.0. The van der Waals surface area contributed by atoms with Gasteiger partial charge in [0.2, 0.25) is 0 Å². The van der Waals surface area contributed by atoms with Crippen LogP contribution in [0.2, 0.25) is 0 Å². The van der Waals surface area contributed by atoms with E-state index >= 15 is 0 Å². The van der Waals surface area contributed by atoms with Gasteiger partial charge in [0.1, 0.15) is 11.9 Å². The number of nitrogens with zero attached hydrogens (tertiary/aromatic N) is 3. The minimum Gasteiger partial charge on any atom is -0.507 e. The van der Waals surface area contributed by atoms with Crippen molar-refractivity contribution in [3.05, 3.63) is 41.1 Å². The normalized spacial score (nSPS) is 22.2. The van der Waals surface area contributed by atoms with Crippen LogP contribution in [0.5, 0.6) is 5.75 Å². The number of aliphatic hydroxyl groups is 1. The van der Waals surface area contributed by atoms with Gasteiger partial charge in [-0.3, -0.25) is 0 Å². The quantitative estimate of drug-likeness (QED) is 0.824. The van der Waals surface area contributed by atoms with Crippen LogP contribution in [0.1, 0.15) is 42.7 Å². The zero-order valence-corrected chi connectivity index (χ0v) is 16.1. The summed E-state index contributed by atoms with van der Waals surface area (Å²) in [6, 6.07) is 4.45. The Kier molecular flexibility index (Phi) is 5.38. The summed E-state index contributed by atoms with van der Waals surface area (Å²) in [6.07, 6.45) is -3.50. The summed E-state index contributed by atoms with van der Waals surface area (Å²) >= 11 is 0. The van der Waals surface area contributed by atoms with Gasteiger partial charge in [-0.1, -0.05) is 6.92 Å². The minimum absolute atomic E-state index is 0.169. The summed E-state index contributed by atoms with van der Waals surface area (Å²) in [4.78, 5) is 2.17. The van der Waals surface area contributed by atoms with Crippen molar-refractivity contribution in [3.63, 3.8) is 0 Å². The summed E-state index contributed by atoms with van der Waals surface area (Å²) in [6.45, 7) is 5.46. The summed E-state index contributed by atoms with van der Waals surface area (Å²) in [7, 11) is 2.01. The number of piperidine rings is 1. The summed E-state index contributed by atoms with van der Waals surface area (Å²) < 4.78 is 38.4. The smallest absolute Gasteiger partial charge is 0.416 e. The Morgan fingerprint density at radius 3 is 2.50 bits per heavy atom. The summed E-state index contributed by atoms with van der Waals surface area (Å²) in [5.74, 6) is -0.513. The maximum atomic E-state index is 12.8. The fourth-order valence-electron chi connectivity index (χ4n) is 3.92. The van der Waals surface area contributed by atoms with Gasteiger partial charge in [-0.15, -0.1) is 5.10 Å². The van der Waals surface area contributed by atoms with E-state index in [1.165, 1.54) is 6.07 Å². The van der Waals surface area contributed by atoms with Crippen molar-refractivity contribution in [1.29, 1.82) is 0 Å². The molecule has 1 aliphatic rings. The lowest BCUT2D eigenvalue weighted by Gasteiger charge is -2.41. The second-order valence-electron chi connectivity index (χ2n) is 7.93. The molecule has 0 aliphatic carbocycles. The van der Waals surface area contributed by atoms with E-state index in [1.54, 1.807) is 13.0 Å². The van der Waals surface area contributed by atoms with E-state index in [0.717, 1.165) is 32.0 Å². The van der Waals surface area contributed by atoms with Gasteiger partial charge in [-0.2, -0.15) is 18.3 Å². The lowest BCUT2D eigenvalue weighted by Crippen LogP contribution is -2.43. The molecule has 0 spiro atoms. The molecule has 3 rings (SSSR count). The van der Waals surface area contributed by atoms with Crippen molar-refractivity contribution >= 4 is 0 Å². The zero-order chi connectivity index (χ0) is 20.7. The number of aliphatic hydroxyl groups excluding tert-OH is 1. The molecule has 1 fully saturated rings. The van der Waals surface area contributed by atoms with Crippen LogP contribution in [0.3, 0.4) is 0 Å². The van der Waals surface area contributed by atoms with Crippen LogP contribution in [0.15, 0.2) is 24.3 Å². The highest BCUT2D eigenvalue weighted by atomic mass is 19.4. The van der Waals surface area contributed by atoms with Crippen LogP contribution >= 0.6 is 0 Å². The van der Waals surface area contributed by atoms with Crippen LogP contribution < -0.4 is 0 Å². The number of aromatic hydroxyl groups is 1. The molecule has 0 bridgehead atoms. The van der Waals surface area contributed by atoms with Gasteiger partial charge in [-0.05, 0) is 63.2 Å². The molecular weight excluding hydrogens is 371 g/mol. The van der Waals surface area contributed by atoms with E-state index < -0.39 is 23.6 Å². The molecule has 5 nitrogen and oxygen atoms in total. The van der Waals surface area contributed by atoms with Crippen LogP contribution in [0.4, 0.5) is 13.2 Å². The lowest BCUT2D eigenvalue weighted by atomic mass is 9.76. The highest BCUT2D eigenvalue weighted by Gasteiger charge is 2.38.